The first-order valence-electron chi connectivity index (χ1n) is 9.43. The number of amides is 1. The van der Waals surface area contributed by atoms with Crippen LogP contribution in [0.4, 0.5) is 0 Å². The summed E-state index contributed by atoms with van der Waals surface area (Å²) < 4.78 is 5.64. The number of hydrogen-bond acceptors (Lipinski definition) is 5. The molecule has 2 aliphatic rings. The molecule has 1 aliphatic carbocycles. The van der Waals surface area contributed by atoms with E-state index >= 15 is 0 Å². The van der Waals surface area contributed by atoms with Gasteiger partial charge in [-0.2, -0.15) is 0 Å². The summed E-state index contributed by atoms with van der Waals surface area (Å²) in [7, 11) is 1.68. The molecule has 1 saturated carbocycles. The van der Waals surface area contributed by atoms with Crippen LogP contribution in [0.3, 0.4) is 0 Å². The molecule has 0 unspecified atom stereocenters. The Balaban J connectivity index is 1.56. The zero-order chi connectivity index (χ0) is 19.0. The summed E-state index contributed by atoms with van der Waals surface area (Å²) in [6.07, 6.45) is 4.67. The molecule has 2 aromatic rings. The van der Waals surface area contributed by atoms with E-state index in [2.05, 4.69) is 9.97 Å². The van der Waals surface area contributed by atoms with Crippen molar-refractivity contribution < 1.29 is 14.3 Å². The van der Waals surface area contributed by atoms with Gasteiger partial charge in [0, 0.05) is 7.05 Å². The van der Waals surface area contributed by atoms with Gasteiger partial charge in [0.15, 0.2) is 0 Å². The zero-order valence-electron chi connectivity index (χ0n) is 15.4. The van der Waals surface area contributed by atoms with E-state index in [0.29, 0.717) is 16.7 Å². The molecule has 2 fully saturated rings. The number of benzene rings is 1. The molecular weight excluding hydrogens is 346 g/mol. The highest BCUT2D eigenvalue weighted by atomic mass is 16.6. The molecule has 1 aliphatic heterocycles. The molecule has 1 aromatic carbocycles. The van der Waals surface area contributed by atoms with Gasteiger partial charge in [-0.05, 0) is 37.8 Å². The molecule has 0 radical (unpaired) electrons. The zero-order valence-corrected chi connectivity index (χ0v) is 15.4. The summed E-state index contributed by atoms with van der Waals surface area (Å²) >= 11 is 0. The Hall–Kier alpha value is -2.70. The van der Waals surface area contributed by atoms with Gasteiger partial charge in [0.25, 0.3) is 5.56 Å². The van der Waals surface area contributed by atoms with E-state index in [1.807, 2.05) is 6.07 Å². The Morgan fingerprint density at radius 1 is 1.26 bits per heavy atom. The number of fused-ring (bicyclic) bond motifs is 1. The summed E-state index contributed by atoms with van der Waals surface area (Å²) in [5, 5.41) is 0.520. The third-order valence-corrected chi connectivity index (χ3v) is 5.75. The standard InChI is InChI=1S/C20H23N3O4/c1-23(12-16-21-15-8-4-3-7-13(15)18(25)22-16)19(26)14-11-17(24)27-20(14)9-5-2-6-10-20/h3-4,7-8,14H,2,5-6,9-12H2,1H3,(H,21,22,25)/t14-/m0/s1. The Morgan fingerprint density at radius 2 is 2.00 bits per heavy atom. The third-order valence-electron chi connectivity index (χ3n) is 5.75. The van der Waals surface area contributed by atoms with Crippen LogP contribution in [0.15, 0.2) is 29.1 Å². The molecule has 1 spiro atoms. The molecule has 1 amide bonds. The SMILES string of the molecule is CN(Cc1nc2ccccc2c(=O)[nH]1)C(=O)[C@@H]1CC(=O)OC12CCCCC2. The monoisotopic (exact) mass is 369 g/mol. The number of para-hydroxylation sites is 1. The average Bonchev–Trinajstić information content (AvgIpc) is 2.97. The van der Waals surface area contributed by atoms with Crippen molar-refractivity contribution >= 4 is 22.8 Å². The van der Waals surface area contributed by atoms with Crippen LogP contribution in [0, 0.1) is 5.92 Å². The maximum absolute atomic E-state index is 13.1. The minimum Gasteiger partial charge on any atom is -0.458 e. The summed E-state index contributed by atoms with van der Waals surface area (Å²) in [6.45, 7) is 0.180. The van der Waals surface area contributed by atoms with Crippen molar-refractivity contribution in [2.75, 3.05) is 7.05 Å². The van der Waals surface area contributed by atoms with Crippen molar-refractivity contribution in [3.05, 3.63) is 40.4 Å². The van der Waals surface area contributed by atoms with E-state index in [1.54, 1.807) is 25.2 Å². The predicted octanol–water partition coefficient (Wildman–Crippen LogP) is 2.15. The van der Waals surface area contributed by atoms with Crippen LogP contribution < -0.4 is 5.56 Å². The van der Waals surface area contributed by atoms with E-state index in [1.165, 1.54) is 4.90 Å². The average molecular weight is 369 g/mol. The van der Waals surface area contributed by atoms with Crippen molar-refractivity contribution in [3.8, 4) is 0 Å². The maximum Gasteiger partial charge on any atom is 0.307 e. The van der Waals surface area contributed by atoms with Gasteiger partial charge in [0.2, 0.25) is 5.91 Å². The molecule has 27 heavy (non-hydrogen) atoms. The molecule has 142 valence electrons. The van der Waals surface area contributed by atoms with Crippen LogP contribution in [-0.4, -0.2) is 39.4 Å². The van der Waals surface area contributed by atoms with Crippen molar-refractivity contribution in [3.63, 3.8) is 0 Å². The van der Waals surface area contributed by atoms with Crippen molar-refractivity contribution in [2.45, 2.75) is 50.7 Å². The van der Waals surface area contributed by atoms with Gasteiger partial charge in [-0.15, -0.1) is 0 Å². The molecule has 7 nitrogen and oxygen atoms in total. The fraction of sp³-hybridized carbons (Fsp3) is 0.500. The fourth-order valence-corrected chi connectivity index (χ4v) is 4.38. The molecule has 7 heteroatoms. The third kappa shape index (κ3) is 3.22. The first-order chi connectivity index (χ1) is 13.0. The highest BCUT2D eigenvalue weighted by molar-refractivity contribution is 5.87. The number of aromatic amines is 1. The lowest BCUT2D eigenvalue weighted by atomic mass is 9.75. The van der Waals surface area contributed by atoms with Gasteiger partial charge < -0.3 is 14.6 Å². The summed E-state index contributed by atoms with van der Waals surface area (Å²) in [6, 6.07) is 7.10. The number of nitrogens with zero attached hydrogens (tertiary/aromatic N) is 2. The second kappa shape index (κ2) is 6.79. The largest absolute Gasteiger partial charge is 0.458 e. The number of carbonyl (C=O) groups is 2. The van der Waals surface area contributed by atoms with Crippen LogP contribution in [0.1, 0.15) is 44.3 Å². The van der Waals surface area contributed by atoms with Gasteiger partial charge in [-0.3, -0.25) is 14.4 Å². The highest BCUT2D eigenvalue weighted by Gasteiger charge is 2.53. The first-order valence-corrected chi connectivity index (χ1v) is 9.43. The number of H-pyrrole nitrogens is 1. The first kappa shape index (κ1) is 17.7. The second-order valence-corrected chi connectivity index (χ2v) is 7.58. The van der Waals surface area contributed by atoms with Crippen LogP contribution in [-0.2, 0) is 20.9 Å². The van der Waals surface area contributed by atoms with Gasteiger partial charge >= 0.3 is 5.97 Å². The molecule has 2 heterocycles. The highest BCUT2D eigenvalue weighted by Crippen LogP contribution is 2.44. The van der Waals surface area contributed by atoms with Crippen molar-refractivity contribution in [1.82, 2.24) is 14.9 Å². The Labute approximate surface area is 156 Å². The van der Waals surface area contributed by atoms with Gasteiger partial charge in [-0.1, -0.05) is 18.6 Å². The molecule has 1 N–H and O–H groups in total. The molecular formula is C20H23N3O4. The summed E-state index contributed by atoms with van der Waals surface area (Å²) in [5.41, 5.74) is -0.273. The molecule has 0 bridgehead atoms. The van der Waals surface area contributed by atoms with Gasteiger partial charge in [-0.25, -0.2) is 4.98 Å². The minimum absolute atomic E-state index is 0.126. The van der Waals surface area contributed by atoms with E-state index in [-0.39, 0.29) is 30.4 Å². The number of ether oxygens (including phenoxy) is 1. The lowest BCUT2D eigenvalue weighted by Gasteiger charge is -2.37. The van der Waals surface area contributed by atoms with E-state index in [0.717, 1.165) is 32.1 Å². The summed E-state index contributed by atoms with van der Waals surface area (Å²) in [5.74, 6) is -0.445. The summed E-state index contributed by atoms with van der Waals surface area (Å²) in [4.78, 5) is 46.0. The lowest BCUT2D eigenvalue weighted by Crippen LogP contribution is -2.46. The number of carbonyl (C=O) groups excluding carboxylic acids is 2. The lowest BCUT2D eigenvalue weighted by molar-refractivity contribution is -0.155. The quantitative estimate of drug-likeness (QED) is 0.837. The number of nitrogens with one attached hydrogen (secondary N) is 1. The molecule has 1 aromatic heterocycles. The topological polar surface area (TPSA) is 92.4 Å². The van der Waals surface area contributed by atoms with Gasteiger partial charge in [0.05, 0.1) is 29.8 Å². The van der Waals surface area contributed by atoms with E-state index in [9.17, 15) is 14.4 Å². The van der Waals surface area contributed by atoms with Crippen LogP contribution in [0.5, 0.6) is 0 Å². The smallest absolute Gasteiger partial charge is 0.307 e. The van der Waals surface area contributed by atoms with Crippen LogP contribution in [0.2, 0.25) is 0 Å². The fourth-order valence-electron chi connectivity index (χ4n) is 4.38. The Morgan fingerprint density at radius 3 is 2.78 bits per heavy atom. The Kier molecular flexibility index (Phi) is 4.45. The van der Waals surface area contributed by atoms with Crippen LogP contribution in [0.25, 0.3) is 10.9 Å². The number of hydrogen-bond donors (Lipinski definition) is 1. The predicted molar refractivity (Wildman–Crippen MR) is 98.9 cm³/mol. The normalized spacial score (nSPS) is 21.4. The van der Waals surface area contributed by atoms with E-state index < -0.39 is 11.5 Å². The number of aromatic nitrogens is 2. The van der Waals surface area contributed by atoms with E-state index in [4.69, 9.17) is 4.74 Å². The molecule has 1 atom stereocenters. The number of rotatable bonds is 3. The molecule has 1 saturated heterocycles. The second-order valence-electron chi connectivity index (χ2n) is 7.58. The van der Waals surface area contributed by atoms with Crippen LogP contribution >= 0.6 is 0 Å². The van der Waals surface area contributed by atoms with Crippen molar-refractivity contribution in [2.24, 2.45) is 5.92 Å². The maximum atomic E-state index is 13.1. The van der Waals surface area contributed by atoms with Crippen molar-refractivity contribution in [1.29, 1.82) is 0 Å². The molecule has 4 rings (SSSR count). The van der Waals surface area contributed by atoms with Gasteiger partial charge in [0.1, 0.15) is 11.4 Å². The Bertz CT molecular complexity index is 946. The minimum atomic E-state index is -0.648. The number of esters is 1.